The molecule has 7 heteroatoms. The smallest absolute Gasteiger partial charge is 0.312 e. The van der Waals surface area contributed by atoms with E-state index in [1.165, 1.54) is 0 Å². The van der Waals surface area contributed by atoms with E-state index in [2.05, 4.69) is 15.6 Å². The van der Waals surface area contributed by atoms with Crippen molar-refractivity contribution in [2.75, 3.05) is 18.4 Å². The van der Waals surface area contributed by atoms with Crippen LogP contribution in [-0.2, 0) is 6.54 Å². The molecule has 1 aromatic heterocycles. The Morgan fingerprint density at radius 3 is 2.83 bits per heavy atom. The summed E-state index contributed by atoms with van der Waals surface area (Å²) in [7, 11) is 0. The maximum Gasteiger partial charge on any atom is 0.312 e. The van der Waals surface area contributed by atoms with Crippen molar-refractivity contribution in [3.05, 3.63) is 22.7 Å². The molecule has 0 spiro atoms. The minimum atomic E-state index is -0.588. The van der Waals surface area contributed by atoms with Crippen LogP contribution in [0, 0.1) is 5.92 Å². The average molecular weight is 253 g/mol. The zero-order valence-corrected chi connectivity index (χ0v) is 10.6. The molecule has 0 bridgehead atoms. The largest absolute Gasteiger partial charge is 0.364 e. The van der Waals surface area contributed by atoms with Crippen molar-refractivity contribution in [2.24, 2.45) is 11.7 Å². The molecule has 18 heavy (non-hydrogen) atoms. The highest BCUT2D eigenvalue weighted by Gasteiger charge is 2.05. The minimum Gasteiger partial charge on any atom is -0.364 e. The lowest BCUT2D eigenvalue weighted by Crippen LogP contribution is -2.34. The van der Waals surface area contributed by atoms with Gasteiger partial charge in [0.05, 0.1) is 0 Å². The van der Waals surface area contributed by atoms with Crippen molar-refractivity contribution in [3.63, 3.8) is 0 Å². The van der Waals surface area contributed by atoms with Gasteiger partial charge in [0, 0.05) is 32.0 Å². The number of carbonyl (C=O) groups excluding carboxylic acids is 1. The molecular formula is C11H19N5O2. The minimum absolute atomic E-state index is 0.162. The van der Waals surface area contributed by atoms with Gasteiger partial charge in [-0.15, -0.1) is 0 Å². The Hall–Kier alpha value is -2.05. The molecule has 1 rings (SSSR count). The molecule has 0 radical (unpaired) electrons. The van der Waals surface area contributed by atoms with E-state index in [0.717, 1.165) is 0 Å². The zero-order valence-electron chi connectivity index (χ0n) is 10.6. The highest BCUT2D eigenvalue weighted by Crippen LogP contribution is 1.98. The second-order valence-electron chi connectivity index (χ2n) is 4.35. The van der Waals surface area contributed by atoms with Crippen LogP contribution in [0.5, 0.6) is 0 Å². The maximum absolute atomic E-state index is 12.0. The molecule has 2 amide bonds. The number of amides is 2. The molecule has 0 aliphatic rings. The fraction of sp³-hybridized carbons (Fsp3) is 0.545. The highest BCUT2D eigenvalue weighted by molar-refractivity contribution is 5.71. The fourth-order valence-electron chi connectivity index (χ4n) is 1.47. The van der Waals surface area contributed by atoms with E-state index >= 15 is 0 Å². The van der Waals surface area contributed by atoms with Gasteiger partial charge < -0.3 is 20.9 Å². The van der Waals surface area contributed by atoms with Gasteiger partial charge >= 0.3 is 6.03 Å². The summed E-state index contributed by atoms with van der Waals surface area (Å²) >= 11 is 0. The van der Waals surface area contributed by atoms with E-state index in [1.54, 1.807) is 17.0 Å². The van der Waals surface area contributed by atoms with E-state index < -0.39 is 6.03 Å². The predicted octanol–water partition coefficient (Wildman–Crippen LogP) is -0.0205. The van der Waals surface area contributed by atoms with Crippen LogP contribution in [0.25, 0.3) is 0 Å². The molecule has 0 aliphatic carbocycles. The van der Waals surface area contributed by atoms with Gasteiger partial charge in [0.2, 0.25) is 0 Å². The molecular weight excluding hydrogens is 234 g/mol. The lowest BCUT2D eigenvalue weighted by atomic mass is 10.2. The number of rotatable bonds is 6. The van der Waals surface area contributed by atoms with Crippen LogP contribution in [0.1, 0.15) is 13.8 Å². The summed E-state index contributed by atoms with van der Waals surface area (Å²) < 4.78 is 1.61. The first kappa shape index (κ1) is 14.0. The van der Waals surface area contributed by atoms with E-state index in [0.29, 0.717) is 25.6 Å². The number of anilines is 1. The predicted molar refractivity (Wildman–Crippen MR) is 69.4 cm³/mol. The number of primary amides is 1. The average Bonchev–Trinajstić information content (AvgIpc) is 2.28. The van der Waals surface area contributed by atoms with Crippen LogP contribution in [0.2, 0.25) is 0 Å². The van der Waals surface area contributed by atoms with Crippen LogP contribution in [0.15, 0.2) is 17.2 Å². The Morgan fingerprint density at radius 2 is 2.22 bits per heavy atom. The summed E-state index contributed by atoms with van der Waals surface area (Å²) in [5, 5.41) is 5.29. The summed E-state index contributed by atoms with van der Waals surface area (Å²) in [5.74, 6) is 0.666. The Labute approximate surface area is 105 Å². The van der Waals surface area contributed by atoms with Gasteiger partial charge in [-0.2, -0.15) is 0 Å². The molecule has 0 aliphatic heterocycles. The van der Waals surface area contributed by atoms with Crippen molar-refractivity contribution in [2.45, 2.75) is 20.4 Å². The molecule has 1 aromatic rings. The number of nitrogens with zero attached hydrogens (tertiary/aromatic N) is 2. The van der Waals surface area contributed by atoms with Crippen molar-refractivity contribution in [3.8, 4) is 0 Å². The van der Waals surface area contributed by atoms with Gasteiger partial charge in [-0.05, 0) is 5.92 Å². The molecule has 7 nitrogen and oxygen atoms in total. The van der Waals surface area contributed by atoms with Crippen molar-refractivity contribution in [1.29, 1.82) is 0 Å². The first-order valence-corrected chi connectivity index (χ1v) is 5.83. The van der Waals surface area contributed by atoms with Crippen molar-refractivity contribution < 1.29 is 4.79 Å². The van der Waals surface area contributed by atoms with Crippen LogP contribution in [-0.4, -0.2) is 28.7 Å². The molecule has 0 aromatic carbocycles. The Bertz CT molecular complexity index is 455. The lowest BCUT2D eigenvalue weighted by Gasteiger charge is -2.10. The molecule has 0 saturated heterocycles. The van der Waals surface area contributed by atoms with E-state index in [9.17, 15) is 9.59 Å². The van der Waals surface area contributed by atoms with E-state index in [-0.39, 0.29) is 11.4 Å². The third-order valence-electron chi connectivity index (χ3n) is 2.19. The van der Waals surface area contributed by atoms with Crippen LogP contribution >= 0.6 is 0 Å². The van der Waals surface area contributed by atoms with Gasteiger partial charge in [-0.25, -0.2) is 9.78 Å². The number of nitrogens with two attached hydrogens (primary N) is 1. The number of hydrogen-bond donors (Lipinski definition) is 3. The Balaban J connectivity index is 2.61. The van der Waals surface area contributed by atoms with Crippen molar-refractivity contribution in [1.82, 2.24) is 14.9 Å². The van der Waals surface area contributed by atoms with Gasteiger partial charge in [0.1, 0.15) is 0 Å². The lowest BCUT2D eigenvalue weighted by molar-refractivity contribution is 0.249. The summed E-state index contributed by atoms with van der Waals surface area (Å²) in [6.07, 6.45) is 3.24. The highest BCUT2D eigenvalue weighted by atomic mass is 16.2. The normalized spacial score (nSPS) is 10.4. The summed E-state index contributed by atoms with van der Waals surface area (Å²) in [6, 6.07) is -0.588. The number of carbonyl (C=O) groups is 1. The first-order chi connectivity index (χ1) is 8.50. The molecule has 1 heterocycles. The second-order valence-corrected chi connectivity index (χ2v) is 4.35. The van der Waals surface area contributed by atoms with Crippen molar-refractivity contribution >= 4 is 11.8 Å². The number of urea groups is 1. The zero-order chi connectivity index (χ0) is 13.5. The molecule has 0 fully saturated rings. The number of aromatic nitrogens is 2. The standard InChI is InChI=1S/C11H19N5O2/c1-8(2)7-16-6-5-14-9(10(16)17)13-3-4-15-11(12)18/h5-6,8H,3-4,7H2,1-2H3,(H,13,14)(H3,12,15,18). The molecule has 0 saturated carbocycles. The summed E-state index contributed by atoms with van der Waals surface area (Å²) in [5.41, 5.74) is 4.76. The second kappa shape index (κ2) is 6.63. The Kier molecular flexibility index (Phi) is 5.16. The molecule has 0 unspecified atom stereocenters. The Morgan fingerprint density at radius 1 is 1.50 bits per heavy atom. The monoisotopic (exact) mass is 253 g/mol. The summed E-state index contributed by atoms with van der Waals surface area (Å²) in [6.45, 7) is 5.47. The van der Waals surface area contributed by atoms with Gasteiger partial charge in [0.25, 0.3) is 5.56 Å². The third kappa shape index (κ3) is 4.44. The molecule has 4 N–H and O–H groups in total. The number of hydrogen-bond acceptors (Lipinski definition) is 4. The van der Waals surface area contributed by atoms with Gasteiger partial charge in [0.15, 0.2) is 5.82 Å². The molecule has 100 valence electrons. The van der Waals surface area contributed by atoms with Crippen LogP contribution in [0.4, 0.5) is 10.6 Å². The summed E-state index contributed by atoms with van der Waals surface area (Å²) in [4.78, 5) is 26.4. The first-order valence-electron chi connectivity index (χ1n) is 5.83. The topological polar surface area (TPSA) is 102 Å². The molecule has 0 atom stereocenters. The van der Waals surface area contributed by atoms with Crippen LogP contribution in [0.3, 0.4) is 0 Å². The number of nitrogens with one attached hydrogen (secondary N) is 2. The quantitative estimate of drug-likeness (QED) is 0.620. The SMILES string of the molecule is CC(C)Cn1ccnc(NCCNC(N)=O)c1=O. The van der Waals surface area contributed by atoms with Gasteiger partial charge in [-0.1, -0.05) is 13.8 Å². The van der Waals surface area contributed by atoms with Gasteiger partial charge in [-0.3, -0.25) is 4.79 Å². The van der Waals surface area contributed by atoms with E-state index in [1.807, 2.05) is 13.8 Å². The maximum atomic E-state index is 12.0. The third-order valence-corrected chi connectivity index (χ3v) is 2.19. The van der Waals surface area contributed by atoms with Crippen LogP contribution < -0.4 is 21.9 Å². The fourth-order valence-corrected chi connectivity index (χ4v) is 1.47. The van der Waals surface area contributed by atoms with E-state index in [4.69, 9.17) is 5.73 Å².